The first-order chi connectivity index (χ1) is 8.71. The van der Waals surface area contributed by atoms with Gasteiger partial charge in [-0.25, -0.2) is 0 Å². The molecule has 0 heterocycles. The summed E-state index contributed by atoms with van der Waals surface area (Å²) in [4.78, 5) is 22.8. The van der Waals surface area contributed by atoms with Crippen LogP contribution in [0.3, 0.4) is 0 Å². The number of ketones is 1. The Morgan fingerprint density at radius 3 is 2.21 bits per heavy atom. The van der Waals surface area contributed by atoms with Gasteiger partial charge in [-0.05, 0) is 39.7 Å². The topological polar surface area (TPSA) is 72.2 Å². The van der Waals surface area contributed by atoms with E-state index in [0.717, 1.165) is 5.56 Å². The number of nitrogens with two attached hydrogens (primary N) is 1. The number of hydrogen-bond acceptors (Lipinski definition) is 3. The predicted molar refractivity (Wildman–Crippen MR) is 76.0 cm³/mol. The summed E-state index contributed by atoms with van der Waals surface area (Å²) < 4.78 is 0. The standard InChI is InChI=1S/C15H22N2O2/c1-10(16)14(19)17-15(3,4)9-12-5-7-13(8-6-12)11(2)18/h5-8,10H,9,16H2,1-4H3,(H,17,19). The smallest absolute Gasteiger partial charge is 0.237 e. The summed E-state index contributed by atoms with van der Waals surface area (Å²) in [6.45, 7) is 7.10. The highest BCUT2D eigenvalue weighted by Crippen LogP contribution is 2.14. The summed E-state index contributed by atoms with van der Waals surface area (Å²) in [5.74, 6) is -0.110. The minimum absolute atomic E-state index is 0.0519. The van der Waals surface area contributed by atoms with Crippen LogP contribution in [-0.4, -0.2) is 23.3 Å². The SMILES string of the molecule is CC(=O)c1ccc(CC(C)(C)NC(=O)C(C)N)cc1. The van der Waals surface area contributed by atoms with Crippen molar-refractivity contribution in [2.75, 3.05) is 0 Å². The molecule has 0 fully saturated rings. The first-order valence-electron chi connectivity index (χ1n) is 6.39. The van der Waals surface area contributed by atoms with Crippen LogP contribution >= 0.6 is 0 Å². The fourth-order valence-corrected chi connectivity index (χ4v) is 1.86. The number of rotatable bonds is 5. The molecule has 104 valence electrons. The number of carbonyl (C=O) groups excluding carboxylic acids is 2. The molecular formula is C15H22N2O2. The zero-order valence-electron chi connectivity index (χ0n) is 12.0. The van der Waals surface area contributed by atoms with E-state index in [1.807, 2.05) is 26.0 Å². The molecule has 0 spiro atoms. The van der Waals surface area contributed by atoms with Crippen molar-refractivity contribution in [1.29, 1.82) is 0 Å². The van der Waals surface area contributed by atoms with Crippen molar-refractivity contribution in [2.45, 2.75) is 45.7 Å². The lowest BCUT2D eigenvalue weighted by atomic mass is 9.93. The molecule has 19 heavy (non-hydrogen) atoms. The Morgan fingerprint density at radius 1 is 1.26 bits per heavy atom. The maximum absolute atomic E-state index is 11.6. The van der Waals surface area contributed by atoms with Gasteiger partial charge in [0.05, 0.1) is 6.04 Å². The molecule has 4 nitrogen and oxygen atoms in total. The van der Waals surface area contributed by atoms with Crippen molar-refractivity contribution in [3.63, 3.8) is 0 Å². The maximum Gasteiger partial charge on any atom is 0.237 e. The molecule has 1 rings (SSSR count). The highest BCUT2D eigenvalue weighted by molar-refractivity contribution is 5.94. The molecule has 3 N–H and O–H groups in total. The Morgan fingerprint density at radius 2 is 1.79 bits per heavy atom. The van der Waals surface area contributed by atoms with Crippen molar-refractivity contribution in [3.8, 4) is 0 Å². The molecule has 0 radical (unpaired) electrons. The van der Waals surface area contributed by atoms with Crippen LogP contribution in [-0.2, 0) is 11.2 Å². The average molecular weight is 262 g/mol. The third kappa shape index (κ3) is 4.83. The maximum atomic E-state index is 11.6. The first-order valence-corrected chi connectivity index (χ1v) is 6.39. The molecule has 1 unspecified atom stereocenters. The van der Waals surface area contributed by atoms with E-state index in [-0.39, 0.29) is 17.2 Å². The van der Waals surface area contributed by atoms with E-state index in [9.17, 15) is 9.59 Å². The quantitative estimate of drug-likeness (QED) is 0.793. The van der Waals surface area contributed by atoms with Gasteiger partial charge in [-0.15, -0.1) is 0 Å². The Hall–Kier alpha value is -1.68. The average Bonchev–Trinajstić information content (AvgIpc) is 2.28. The Labute approximate surface area is 114 Å². The Balaban J connectivity index is 2.72. The summed E-state index contributed by atoms with van der Waals surface area (Å²) in [6, 6.07) is 6.93. The van der Waals surface area contributed by atoms with Gasteiger partial charge in [-0.3, -0.25) is 9.59 Å². The number of Topliss-reactive ketones (excluding diaryl/α,β-unsaturated/α-hetero) is 1. The first kappa shape index (κ1) is 15.4. The number of carbonyl (C=O) groups is 2. The third-order valence-electron chi connectivity index (χ3n) is 2.88. The number of hydrogen-bond donors (Lipinski definition) is 2. The van der Waals surface area contributed by atoms with Gasteiger partial charge < -0.3 is 11.1 Å². The third-order valence-corrected chi connectivity index (χ3v) is 2.88. The zero-order chi connectivity index (χ0) is 14.6. The molecule has 0 saturated heterocycles. The van der Waals surface area contributed by atoms with Gasteiger partial charge in [-0.2, -0.15) is 0 Å². The van der Waals surface area contributed by atoms with Gasteiger partial charge in [0.15, 0.2) is 5.78 Å². The van der Waals surface area contributed by atoms with Crippen LogP contribution in [0.25, 0.3) is 0 Å². The summed E-state index contributed by atoms with van der Waals surface area (Å²) >= 11 is 0. The van der Waals surface area contributed by atoms with Crippen LogP contribution in [0.4, 0.5) is 0 Å². The zero-order valence-corrected chi connectivity index (χ0v) is 12.0. The number of benzene rings is 1. The van der Waals surface area contributed by atoms with E-state index in [4.69, 9.17) is 5.73 Å². The molecule has 0 bridgehead atoms. The molecule has 1 aromatic rings. The lowest BCUT2D eigenvalue weighted by molar-refractivity contribution is -0.123. The lowest BCUT2D eigenvalue weighted by Gasteiger charge is -2.27. The molecule has 0 saturated carbocycles. The van der Waals surface area contributed by atoms with E-state index < -0.39 is 6.04 Å². The monoisotopic (exact) mass is 262 g/mol. The van der Waals surface area contributed by atoms with Crippen molar-refractivity contribution < 1.29 is 9.59 Å². The molecule has 1 atom stereocenters. The molecule has 0 aromatic heterocycles. The minimum Gasteiger partial charge on any atom is -0.350 e. The van der Waals surface area contributed by atoms with Crippen LogP contribution in [0.1, 0.15) is 43.6 Å². The molecular weight excluding hydrogens is 240 g/mol. The van der Waals surface area contributed by atoms with Gasteiger partial charge in [-0.1, -0.05) is 24.3 Å². The number of nitrogens with one attached hydrogen (secondary N) is 1. The van der Waals surface area contributed by atoms with Crippen LogP contribution in [0.2, 0.25) is 0 Å². The van der Waals surface area contributed by atoms with E-state index in [1.165, 1.54) is 0 Å². The second-order valence-electron chi connectivity index (χ2n) is 5.59. The summed E-state index contributed by atoms with van der Waals surface area (Å²) in [6.07, 6.45) is 0.684. The fourth-order valence-electron chi connectivity index (χ4n) is 1.86. The molecule has 1 amide bonds. The van der Waals surface area contributed by atoms with E-state index in [1.54, 1.807) is 26.0 Å². The highest BCUT2D eigenvalue weighted by atomic mass is 16.2. The summed E-state index contributed by atoms with van der Waals surface area (Å²) in [5.41, 5.74) is 6.93. The van der Waals surface area contributed by atoms with Crippen LogP contribution in [0, 0.1) is 0 Å². The molecule has 0 aliphatic heterocycles. The molecule has 0 aliphatic carbocycles. The van der Waals surface area contributed by atoms with Crippen molar-refractivity contribution >= 4 is 11.7 Å². The second kappa shape index (κ2) is 5.97. The van der Waals surface area contributed by atoms with Crippen molar-refractivity contribution in [2.24, 2.45) is 5.73 Å². The van der Waals surface area contributed by atoms with Crippen molar-refractivity contribution in [3.05, 3.63) is 35.4 Å². The van der Waals surface area contributed by atoms with E-state index in [0.29, 0.717) is 12.0 Å². The van der Waals surface area contributed by atoms with Gasteiger partial charge >= 0.3 is 0 Å². The normalized spacial score (nSPS) is 12.9. The van der Waals surface area contributed by atoms with Gasteiger partial charge in [0, 0.05) is 11.1 Å². The van der Waals surface area contributed by atoms with Crippen LogP contribution in [0.15, 0.2) is 24.3 Å². The van der Waals surface area contributed by atoms with Gasteiger partial charge in [0.25, 0.3) is 0 Å². The Kier molecular flexibility index (Phi) is 4.84. The Bertz CT molecular complexity index is 462. The van der Waals surface area contributed by atoms with Crippen molar-refractivity contribution in [1.82, 2.24) is 5.32 Å². The minimum atomic E-state index is -0.514. The fraction of sp³-hybridized carbons (Fsp3) is 0.467. The van der Waals surface area contributed by atoms with Crippen LogP contribution < -0.4 is 11.1 Å². The summed E-state index contributed by atoms with van der Waals surface area (Å²) in [7, 11) is 0. The van der Waals surface area contributed by atoms with Crippen LogP contribution in [0.5, 0.6) is 0 Å². The van der Waals surface area contributed by atoms with Gasteiger partial charge in [0.1, 0.15) is 0 Å². The molecule has 4 heteroatoms. The summed E-state index contributed by atoms with van der Waals surface area (Å²) in [5, 5.41) is 2.91. The predicted octanol–water partition coefficient (Wildman–Crippen LogP) is 1.67. The van der Waals surface area contributed by atoms with Gasteiger partial charge in [0.2, 0.25) is 5.91 Å². The largest absolute Gasteiger partial charge is 0.350 e. The lowest BCUT2D eigenvalue weighted by Crippen LogP contribution is -2.50. The highest BCUT2D eigenvalue weighted by Gasteiger charge is 2.22. The van der Waals surface area contributed by atoms with E-state index in [2.05, 4.69) is 5.32 Å². The second-order valence-corrected chi connectivity index (χ2v) is 5.59. The number of amides is 1. The molecule has 1 aromatic carbocycles. The molecule has 0 aliphatic rings. The van der Waals surface area contributed by atoms with E-state index >= 15 is 0 Å².